The molecule has 0 saturated carbocycles. The molecule has 0 saturated heterocycles. The lowest BCUT2D eigenvalue weighted by atomic mass is 10.2. The maximum atomic E-state index is 11.2. The van der Waals surface area contributed by atoms with Crippen LogP contribution in [0.5, 0.6) is 0 Å². The van der Waals surface area contributed by atoms with Crippen LogP contribution in [0.15, 0.2) is 27.6 Å². The summed E-state index contributed by atoms with van der Waals surface area (Å²) in [5, 5.41) is 7.13. The van der Waals surface area contributed by atoms with Crippen molar-refractivity contribution in [3.8, 4) is 0 Å². The van der Waals surface area contributed by atoms with Crippen LogP contribution in [-0.2, 0) is 13.6 Å². The quantitative estimate of drug-likeness (QED) is 0.874. The Morgan fingerprint density at radius 3 is 2.76 bits per heavy atom. The van der Waals surface area contributed by atoms with Crippen LogP contribution in [0.4, 0.5) is 5.69 Å². The van der Waals surface area contributed by atoms with E-state index in [1.165, 1.54) is 10.6 Å². The molecular formula is C12H15N3O2. The molecule has 0 atom stereocenters. The van der Waals surface area contributed by atoms with Crippen molar-refractivity contribution in [2.45, 2.75) is 20.4 Å². The molecule has 0 amide bonds. The smallest absolute Gasteiger partial charge is 0.250 e. The molecule has 17 heavy (non-hydrogen) atoms. The Kier molecular flexibility index (Phi) is 2.99. The number of aromatic nitrogens is 2. The number of pyridine rings is 1. The Bertz CT molecular complexity index is 564. The van der Waals surface area contributed by atoms with Crippen LogP contribution >= 0.6 is 0 Å². The van der Waals surface area contributed by atoms with Crippen LogP contribution in [0.2, 0.25) is 0 Å². The summed E-state index contributed by atoms with van der Waals surface area (Å²) in [6.45, 7) is 4.44. The summed E-state index contributed by atoms with van der Waals surface area (Å²) in [7, 11) is 1.73. The van der Waals surface area contributed by atoms with Gasteiger partial charge in [0.25, 0.3) is 0 Å². The Morgan fingerprint density at radius 2 is 2.18 bits per heavy atom. The van der Waals surface area contributed by atoms with E-state index >= 15 is 0 Å². The third-order valence-corrected chi connectivity index (χ3v) is 2.74. The van der Waals surface area contributed by atoms with Gasteiger partial charge in [-0.15, -0.1) is 0 Å². The van der Waals surface area contributed by atoms with Crippen molar-refractivity contribution in [3.05, 3.63) is 45.7 Å². The molecule has 0 aliphatic heterocycles. The number of rotatable bonds is 3. The first-order chi connectivity index (χ1) is 8.08. The van der Waals surface area contributed by atoms with Gasteiger partial charge in [0.1, 0.15) is 5.76 Å². The van der Waals surface area contributed by atoms with Gasteiger partial charge in [-0.1, -0.05) is 5.16 Å². The molecule has 2 aromatic heterocycles. The van der Waals surface area contributed by atoms with Crippen LogP contribution in [0.25, 0.3) is 0 Å². The fourth-order valence-electron chi connectivity index (χ4n) is 1.64. The highest BCUT2D eigenvalue weighted by atomic mass is 16.5. The summed E-state index contributed by atoms with van der Waals surface area (Å²) in [6, 6.07) is 3.30. The largest absolute Gasteiger partial charge is 0.380 e. The highest BCUT2D eigenvalue weighted by Crippen LogP contribution is 2.14. The molecule has 0 bridgehead atoms. The highest BCUT2D eigenvalue weighted by Gasteiger charge is 2.08. The average molecular weight is 233 g/mol. The molecule has 1 N–H and O–H groups in total. The molecule has 0 unspecified atom stereocenters. The van der Waals surface area contributed by atoms with Gasteiger partial charge in [0.15, 0.2) is 0 Å². The standard InChI is InChI=1S/C12H15N3O2/c1-8-11(9(2)17-14-8)6-13-10-4-5-12(16)15(3)7-10/h4-5,7,13H,6H2,1-3H3. The number of hydrogen-bond acceptors (Lipinski definition) is 4. The average Bonchev–Trinajstić information content (AvgIpc) is 2.61. The second kappa shape index (κ2) is 4.45. The van der Waals surface area contributed by atoms with Crippen molar-refractivity contribution < 1.29 is 4.52 Å². The van der Waals surface area contributed by atoms with Crippen LogP contribution in [0, 0.1) is 13.8 Å². The van der Waals surface area contributed by atoms with Gasteiger partial charge in [-0.05, 0) is 19.9 Å². The summed E-state index contributed by atoms with van der Waals surface area (Å²) in [4.78, 5) is 11.2. The summed E-state index contributed by atoms with van der Waals surface area (Å²) in [5.41, 5.74) is 2.82. The summed E-state index contributed by atoms with van der Waals surface area (Å²) >= 11 is 0. The van der Waals surface area contributed by atoms with Crippen molar-refractivity contribution in [1.29, 1.82) is 0 Å². The van der Waals surface area contributed by atoms with E-state index in [2.05, 4.69) is 10.5 Å². The first kappa shape index (κ1) is 11.4. The minimum Gasteiger partial charge on any atom is -0.380 e. The first-order valence-electron chi connectivity index (χ1n) is 5.40. The molecule has 2 heterocycles. The third-order valence-electron chi connectivity index (χ3n) is 2.74. The highest BCUT2D eigenvalue weighted by molar-refractivity contribution is 5.41. The van der Waals surface area contributed by atoms with Crippen molar-refractivity contribution in [3.63, 3.8) is 0 Å². The van der Waals surface area contributed by atoms with Gasteiger partial charge in [0.05, 0.1) is 11.4 Å². The molecule has 0 aromatic carbocycles. The van der Waals surface area contributed by atoms with Gasteiger partial charge in [0, 0.05) is 31.4 Å². The number of nitrogens with zero attached hydrogens (tertiary/aromatic N) is 2. The Morgan fingerprint density at radius 1 is 1.41 bits per heavy atom. The summed E-state index contributed by atoms with van der Waals surface area (Å²) in [5.74, 6) is 0.819. The minimum atomic E-state index is -0.0205. The molecule has 5 nitrogen and oxygen atoms in total. The molecule has 90 valence electrons. The van der Waals surface area contributed by atoms with Crippen molar-refractivity contribution in [1.82, 2.24) is 9.72 Å². The number of nitrogens with one attached hydrogen (secondary N) is 1. The van der Waals surface area contributed by atoms with Gasteiger partial charge in [-0.2, -0.15) is 0 Å². The molecule has 2 aromatic rings. The summed E-state index contributed by atoms with van der Waals surface area (Å²) in [6.07, 6.45) is 1.76. The van der Waals surface area contributed by atoms with E-state index in [4.69, 9.17) is 4.52 Å². The zero-order valence-electron chi connectivity index (χ0n) is 10.2. The molecular weight excluding hydrogens is 218 g/mol. The molecule has 2 rings (SSSR count). The fourth-order valence-corrected chi connectivity index (χ4v) is 1.64. The minimum absolute atomic E-state index is 0.0205. The molecule has 0 aliphatic rings. The van der Waals surface area contributed by atoms with Crippen molar-refractivity contribution >= 4 is 5.69 Å². The van der Waals surface area contributed by atoms with E-state index in [9.17, 15) is 4.79 Å². The van der Waals surface area contributed by atoms with Gasteiger partial charge in [0.2, 0.25) is 5.56 Å². The zero-order chi connectivity index (χ0) is 12.4. The zero-order valence-corrected chi connectivity index (χ0v) is 10.2. The van der Waals surface area contributed by atoms with E-state index in [-0.39, 0.29) is 5.56 Å². The van der Waals surface area contributed by atoms with Gasteiger partial charge in [-0.25, -0.2) is 0 Å². The van der Waals surface area contributed by atoms with Crippen LogP contribution in [-0.4, -0.2) is 9.72 Å². The number of anilines is 1. The monoisotopic (exact) mass is 233 g/mol. The second-order valence-electron chi connectivity index (χ2n) is 4.02. The number of aryl methyl sites for hydroxylation is 3. The van der Waals surface area contributed by atoms with Gasteiger partial charge < -0.3 is 14.4 Å². The van der Waals surface area contributed by atoms with Crippen molar-refractivity contribution in [2.75, 3.05) is 5.32 Å². The van der Waals surface area contributed by atoms with Gasteiger partial charge >= 0.3 is 0 Å². The molecule has 0 fully saturated rings. The molecule has 5 heteroatoms. The summed E-state index contributed by atoms with van der Waals surface area (Å²) < 4.78 is 6.62. The Labute approximate surface area is 99.1 Å². The van der Waals surface area contributed by atoms with Crippen molar-refractivity contribution in [2.24, 2.45) is 7.05 Å². The van der Waals surface area contributed by atoms with Crippen LogP contribution < -0.4 is 10.9 Å². The van der Waals surface area contributed by atoms with Crippen LogP contribution in [0.3, 0.4) is 0 Å². The third kappa shape index (κ3) is 2.38. The SMILES string of the molecule is Cc1noc(C)c1CNc1ccc(=O)n(C)c1. The van der Waals surface area contributed by atoms with E-state index in [0.29, 0.717) is 6.54 Å². The van der Waals surface area contributed by atoms with E-state index in [1.54, 1.807) is 19.3 Å². The van der Waals surface area contributed by atoms with E-state index < -0.39 is 0 Å². The molecule has 0 radical (unpaired) electrons. The first-order valence-corrected chi connectivity index (χ1v) is 5.40. The predicted molar refractivity (Wildman–Crippen MR) is 65.0 cm³/mol. The van der Waals surface area contributed by atoms with E-state index in [1.807, 2.05) is 13.8 Å². The Hall–Kier alpha value is -2.04. The second-order valence-corrected chi connectivity index (χ2v) is 4.02. The topological polar surface area (TPSA) is 60.1 Å². The lowest BCUT2D eigenvalue weighted by Crippen LogP contribution is -2.15. The van der Waals surface area contributed by atoms with Gasteiger partial charge in [-0.3, -0.25) is 4.79 Å². The lowest BCUT2D eigenvalue weighted by molar-refractivity contribution is 0.392. The molecule has 0 spiro atoms. The molecule has 0 aliphatic carbocycles. The Balaban J connectivity index is 2.12. The predicted octanol–water partition coefficient (Wildman–Crippen LogP) is 1.60. The van der Waals surface area contributed by atoms with E-state index in [0.717, 1.165) is 22.7 Å². The lowest BCUT2D eigenvalue weighted by Gasteiger charge is -2.07. The van der Waals surface area contributed by atoms with Crippen LogP contribution in [0.1, 0.15) is 17.0 Å². The maximum absolute atomic E-state index is 11.2. The normalized spacial score (nSPS) is 10.5. The number of hydrogen-bond donors (Lipinski definition) is 1. The fraction of sp³-hybridized carbons (Fsp3) is 0.333. The maximum Gasteiger partial charge on any atom is 0.250 e.